The first kappa shape index (κ1) is 29.7. The number of aliphatic imine (C=N–C) groups is 1. The Balaban J connectivity index is 0. The van der Waals surface area contributed by atoms with Gasteiger partial charge in [0.1, 0.15) is 5.82 Å². The zero-order chi connectivity index (χ0) is 21.4. The molecule has 0 aliphatic heterocycles. The number of hydrogen-bond acceptors (Lipinski definition) is 5. The Labute approximate surface area is 186 Å². The number of nitrogens with one attached hydrogen (secondary N) is 1. The van der Waals surface area contributed by atoms with Crippen molar-refractivity contribution in [1.29, 1.82) is 0 Å². The molecule has 0 aromatic carbocycles. The molecule has 0 spiro atoms. The van der Waals surface area contributed by atoms with E-state index in [4.69, 9.17) is 17.2 Å². The molecule has 0 radical (unpaired) electrons. The average molecular weight is 468 g/mol. The number of anilines is 2. The molecule has 172 valence electrons. The van der Waals surface area contributed by atoms with Crippen molar-refractivity contribution >= 4 is 54.1 Å². The number of rotatable bonds is 9. The molecule has 0 aliphatic carbocycles. The van der Waals surface area contributed by atoms with Crippen LogP contribution in [0.5, 0.6) is 0 Å². The Morgan fingerprint density at radius 3 is 2.27 bits per heavy atom. The second kappa shape index (κ2) is 13.6. The first-order chi connectivity index (χ1) is 13.1. The lowest BCUT2D eigenvalue weighted by Gasteiger charge is -2.26. The van der Waals surface area contributed by atoms with E-state index in [9.17, 15) is 19.2 Å². The van der Waals surface area contributed by atoms with Gasteiger partial charge in [-0.2, -0.15) is 4.99 Å². The number of aromatic amines is 1. The largest absolute Gasteiger partial charge is 0.383 e. The number of nitrogens with two attached hydrogens (primary N) is 3. The van der Waals surface area contributed by atoms with Crippen molar-refractivity contribution in [2.45, 2.75) is 53.0 Å². The minimum atomic E-state index is -0.750. The first-order valence-electron chi connectivity index (χ1n) is 9.13. The number of aromatic nitrogens is 2. The molecule has 1 rings (SSSR count). The van der Waals surface area contributed by atoms with Crippen LogP contribution in [-0.4, -0.2) is 33.9 Å². The molecule has 0 saturated heterocycles. The first-order valence-corrected chi connectivity index (χ1v) is 9.13. The van der Waals surface area contributed by atoms with E-state index in [1.807, 2.05) is 20.8 Å². The minimum Gasteiger partial charge on any atom is -0.383 e. The quantitative estimate of drug-likeness (QED) is 0.297. The van der Waals surface area contributed by atoms with Gasteiger partial charge in [0.25, 0.3) is 5.56 Å². The Morgan fingerprint density at radius 2 is 1.77 bits per heavy atom. The topological polar surface area (TPSA) is 183 Å². The summed E-state index contributed by atoms with van der Waals surface area (Å²) in [5.74, 6) is -1.60. The van der Waals surface area contributed by atoms with Crippen LogP contribution >= 0.6 is 24.8 Å². The molecule has 13 heteroatoms. The lowest BCUT2D eigenvalue weighted by molar-refractivity contribution is -0.123. The van der Waals surface area contributed by atoms with Crippen LogP contribution in [0.25, 0.3) is 0 Å². The van der Waals surface area contributed by atoms with Crippen molar-refractivity contribution in [2.75, 3.05) is 17.2 Å². The zero-order valence-electron chi connectivity index (χ0n) is 17.3. The maximum Gasteiger partial charge on any atom is 0.330 e. The predicted octanol–water partition coefficient (Wildman–Crippen LogP) is 0.332. The van der Waals surface area contributed by atoms with Crippen LogP contribution in [0.2, 0.25) is 0 Å². The molecule has 0 aliphatic rings. The van der Waals surface area contributed by atoms with Gasteiger partial charge in [-0.3, -0.25) is 23.9 Å². The molecule has 0 atom stereocenters. The van der Waals surface area contributed by atoms with Gasteiger partial charge in [0.2, 0.25) is 11.8 Å². The van der Waals surface area contributed by atoms with Crippen molar-refractivity contribution in [3.8, 4) is 0 Å². The number of H-pyrrole nitrogens is 1. The maximum atomic E-state index is 12.8. The van der Waals surface area contributed by atoms with Gasteiger partial charge in [-0.1, -0.05) is 27.2 Å². The summed E-state index contributed by atoms with van der Waals surface area (Å²) < 4.78 is 1.24. The van der Waals surface area contributed by atoms with Gasteiger partial charge in [0.15, 0.2) is 11.6 Å². The summed E-state index contributed by atoms with van der Waals surface area (Å²) in [6.45, 7) is 6.19. The molecule has 0 saturated carbocycles. The standard InChI is InChI=1S/C17H29N7O4.2ClH/c1-4-5-8-23-14(18)13(15(27)22-17(23)28)24(9-10(2)3)12(26)7-6-11(25)21-16(19)20;;/h10H,4-9,18H2,1-3H3,(H,22,27,28)(H4,19,20,21,25);2*1H. The van der Waals surface area contributed by atoms with Crippen LogP contribution in [0.1, 0.15) is 46.5 Å². The van der Waals surface area contributed by atoms with Crippen LogP contribution in [-0.2, 0) is 16.1 Å². The summed E-state index contributed by atoms with van der Waals surface area (Å²) in [5.41, 5.74) is 14.9. The lowest BCUT2D eigenvalue weighted by Crippen LogP contribution is -2.42. The van der Waals surface area contributed by atoms with Crippen molar-refractivity contribution < 1.29 is 9.59 Å². The number of guanidine groups is 1. The Kier molecular flexibility index (Phi) is 13.5. The molecule has 0 unspecified atom stereocenters. The highest BCUT2D eigenvalue weighted by molar-refractivity contribution is 5.98. The number of amides is 2. The van der Waals surface area contributed by atoms with Gasteiger partial charge in [-0.25, -0.2) is 4.79 Å². The van der Waals surface area contributed by atoms with Crippen molar-refractivity contribution in [2.24, 2.45) is 22.4 Å². The van der Waals surface area contributed by atoms with E-state index in [0.29, 0.717) is 13.0 Å². The molecule has 11 nitrogen and oxygen atoms in total. The van der Waals surface area contributed by atoms with Crippen molar-refractivity contribution in [3.05, 3.63) is 20.8 Å². The fourth-order valence-electron chi connectivity index (χ4n) is 2.61. The molecule has 1 aromatic heterocycles. The number of carbonyl (C=O) groups excluding carboxylic acids is 2. The third kappa shape index (κ3) is 8.46. The molecule has 30 heavy (non-hydrogen) atoms. The van der Waals surface area contributed by atoms with E-state index in [0.717, 1.165) is 6.42 Å². The smallest absolute Gasteiger partial charge is 0.330 e. The van der Waals surface area contributed by atoms with E-state index in [1.165, 1.54) is 9.47 Å². The molecule has 7 N–H and O–H groups in total. The van der Waals surface area contributed by atoms with E-state index in [1.54, 1.807) is 0 Å². The molecule has 1 aromatic rings. The van der Waals surface area contributed by atoms with Crippen LogP contribution < -0.4 is 33.3 Å². The van der Waals surface area contributed by atoms with E-state index in [2.05, 4.69) is 9.98 Å². The van der Waals surface area contributed by atoms with E-state index < -0.39 is 23.1 Å². The van der Waals surface area contributed by atoms with Gasteiger partial charge < -0.3 is 22.1 Å². The number of unbranched alkanes of at least 4 members (excludes halogenated alkanes) is 1. The summed E-state index contributed by atoms with van der Waals surface area (Å²) in [7, 11) is 0. The monoisotopic (exact) mass is 467 g/mol. The fourth-order valence-corrected chi connectivity index (χ4v) is 2.61. The van der Waals surface area contributed by atoms with Gasteiger partial charge >= 0.3 is 5.69 Å². The molecule has 1 heterocycles. The Morgan fingerprint density at radius 1 is 1.17 bits per heavy atom. The molecule has 2 amide bonds. The summed E-state index contributed by atoms with van der Waals surface area (Å²) in [4.78, 5) is 55.7. The highest BCUT2D eigenvalue weighted by atomic mass is 35.5. The van der Waals surface area contributed by atoms with Gasteiger partial charge in [-0.15, -0.1) is 24.8 Å². The zero-order valence-corrected chi connectivity index (χ0v) is 19.0. The summed E-state index contributed by atoms with van der Waals surface area (Å²) in [6, 6.07) is 0. The molecular weight excluding hydrogens is 437 g/mol. The third-order valence-corrected chi connectivity index (χ3v) is 3.87. The second-order valence-electron chi connectivity index (χ2n) is 6.83. The number of carbonyl (C=O) groups is 2. The van der Waals surface area contributed by atoms with E-state index in [-0.39, 0.29) is 67.6 Å². The van der Waals surface area contributed by atoms with Crippen LogP contribution in [0.4, 0.5) is 11.5 Å². The number of nitrogen functional groups attached to an aromatic ring is 1. The van der Waals surface area contributed by atoms with Crippen LogP contribution in [0.15, 0.2) is 14.6 Å². The summed E-state index contributed by atoms with van der Waals surface area (Å²) in [5, 5.41) is 0. The molecular formula is C17H31Cl2N7O4. The van der Waals surface area contributed by atoms with Crippen molar-refractivity contribution in [3.63, 3.8) is 0 Å². The normalized spacial score (nSPS) is 10.0. The fraction of sp³-hybridized carbons (Fsp3) is 0.588. The molecule has 0 bridgehead atoms. The number of halogens is 2. The molecule has 0 fully saturated rings. The summed E-state index contributed by atoms with van der Waals surface area (Å²) >= 11 is 0. The summed E-state index contributed by atoms with van der Waals surface area (Å²) in [6.07, 6.45) is 1.07. The van der Waals surface area contributed by atoms with Crippen LogP contribution in [0.3, 0.4) is 0 Å². The Bertz CT molecular complexity index is 861. The maximum absolute atomic E-state index is 12.8. The predicted molar refractivity (Wildman–Crippen MR) is 122 cm³/mol. The number of hydrogen-bond donors (Lipinski definition) is 4. The third-order valence-electron chi connectivity index (χ3n) is 3.87. The average Bonchev–Trinajstić information content (AvgIpc) is 2.57. The van der Waals surface area contributed by atoms with Gasteiger partial charge in [0.05, 0.1) is 0 Å². The van der Waals surface area contributed by atoms with Gasteiger partial charge in [0, 0.05) is 25.9 Å². The Hall–Kier alpha value is -2.53. The highest BCUT2D eigenvalue weighted by Crippen LogP contribution is 2.20. The van der Waals surface area contributed by atoms with Crippen molar-refractivity contribution in [1.82, 2.24) is 9.55 Å². The van der Waals surface area contributed by atoms with Crippen LogP contribution in [0, 0.1) is 5.92 Å². The van der Waals surface area contributed by atoms with E-state index >= 15 is 0 Å². The SMILES string of the molecule is CCCCn1c(N)c(N(CC(C)C)C(=O)CCC(=O)N=C(N)N)c(=O)[nH]c1=O.Cl.Cl. The van der Waals surface area contributed by atoms with Gasteiger partial charge in [-0.05, 0) is 12.3 Å². The lowest BCUT2D eigenvalue weighted by atomic mass is 10.1. The number of nitrogens with zero attached hydrogens (tertiary/aromatic N) is 3. The minimum absolute atomic E-state index is 0. The highest BCUT2D eigenvalue weighted by Gasteiger charge is 2.25. The second-order valence-corrected chi connectivity index (χ2v) is 6.83.